The van der Waals surface area contributed by atoms with Crippen molar-refractivity contribution in [2.75, 3.05) is 6.61 Å². The van der Waals surface area contributed by atoms with Crippen molar-refractivity contribution in [2.24, 2.45) is 0 Å². The molecule has 0 atom stereocenters. The third-order valence-electron chi connectivity index (χ3n) is 5.20. The van der Waals surface area contributed by atoms with Gasteiger partial charge < -0.3 is 9.15 Å². The fraction of sp³-hybridized carbons (Fsp3) is 0.160. The third-order valence-corrected chi connectivity index (χ3v) is 7.55. The summed E-state index contributed by atoms with van der Waals surface area (Å²) in [7, 11) is 0. The highest BCUT2D eigenvalue weighted by Crippen LogP contribution is 2.35. The molecule has 0 N–H and O–H groups in total. The zero-order chi connectivity index (χ0) is 23.5. The summed E-state index contributed by atoms with van der Waals surface area (Å²) in [5.74, 6) is 1.08. The molecule has 3 aromatic heterocycles. The van der Waals surface area contributed by atoms with Gasteiger partial charge in [0.1, 0.15) is 5.58 Å². The average Bonchev–Trinajstić information content (AvgIpc) is 3.57. The molecule has 0 amide bonds. The number of ether oxygens (including phenoxy) is 1. The van der Waals surface area contributed by atoms with Gasteiger partial charge in [-0.15, -0.1) is 21.5 Å². The molecular weight excluding hydrogens is 534 g/mol. The lowest BCUT2D eigenvalue weighted by molar-refractivity contribution is 0.0491. The quantitative estimate of drug-likeness (QED) is 0.152. The fourth-order valence-electron chi connectivity index (χ4n) is 3.65. The Hall–Kier alpha value is -2.88. The van der Waals surface area contributed by atoms with E-state index in [-0.39, 0.29) is 12.4 Å². The number of aromatic nitrogens is 3. The number of fused-ring (bicyclic) bond motifs is 1. The first-order chi connectivity index (χ1) is 16.6. The summed E-state index contributed by atoms with van der Waals surface area (Å²) >= 11 is 6.68. The molecule has 5 aromatic rings. The summed E-state index contributed by atoms with van der Waals surface area (Å²) in [5, 5.41) is 12.7. The lowest BCUT2D eigenvalue weighted by atomic mass is 10.1. The van der Waals surface area contributed by atoms with Gasteiger partial charge in [-0.3, -0.25) is 4.57 Å². The number of thiophene rings is 1. The Bertz CT molecular complexity index is 1430. The van der Waals surface area contributed by atoms with E-state index in [0.29, 0.717) is 17.9 Å². The van der Waals surface area contributed by atoms with E-state index < -0.39 is 5.97 Å². The number of halogens is 1. The van der Waals surface area contributed by atoms with Crippen LogP contribution < -0.4 is 0 Å². The van der Waals surface area contributed by atoms with E-state index in [1.165, 1.54) is 11.8 Å². The Morgan fingerprint density at radius 3 is 2.76 bits per heavy atom. The highest BCUT2D eigenvalue weighted by molar-refractivity contribution is 9.10. The fourth-order valence-corrected chi connectivity index (χ4v) is 5.70. The van der Waals surface area contributed by atoms with Crippen LogP contribution in [0.25, 0.3) is 21.7 Å². The van der Waals surface area contributed by atoms with E-state index in [2.05, 4.69) is 42.8 Å². The summed E-state index contributed by atoms with van der Waals surface area (Å²) in [4.78, 5) is 13.7. The molecule has 0 aliphatic heterocycles. The number of rotatable bonds is 8. The molecular formula is C25H20BrN3O3S2. The van der Waals surface area contributed by atoms with Crippen LogP contribution in [0, 0.1) is 0 Å². The van der Waals surface area contributed by atoms with E-state index in [9.17, 15) is 4.79 Å². The van der Waals surface area contributed by atoms with Gasteiger partial charge in [-0.2, -0.15) is 0 Å². The van der Waals surface area contributed by atoms with Crippen LogP contribution >= 0.6 is 39.0 Å². The van der Waals surface area contributed by atoms with Gasteiger partial charge >= 0.3 is 5.97 Å². The lowest BCUT2D eigenvalue weighted by Crippen LogP contribution is -2.06. The first kappa shape index (κ1) is 22.9. The van der Waals surface area contributed by atoms with E-state index in [4.69, 9.17) is 9.15 Å². The van der Waals surface area contributed by atoms with Gasteiger partial charge in [-0.1, -0.05) is 64.1 Å². The van der Waals surface area contributed by atoms with E-state index >= 15 is 0 Å². The molecule has 3 heterocycles. The number of carbonyl (C=O) groups is 1. The molecule has 0 saturated heterocycles. The molecule has 0 radical (unpaired) electrons. The molecule has 0 unspecified atom stereocenters. The highest BCUT2D eigenvalue weighted by Gasteiger charge is 2.24. The van der Waals surface area contributed by atoms with Crippen molar-refractivity contribution in [3.63, 3.8) is 0 Å². The van der Waals surface area contributed by atoms with Gasteiger partial charge in [-0.25, -0.2) is 4.79 Å². The number of furan rings is 1. The van der Waals surface area contributed by atoms with Gasteiger partial charge in [0.2, 0.25) is 5.76 Å². The smallest absolute Gasteiger partial charge is 0.374 e. The minimum atomic E-state index is -0.463. The molecule has 2 aromatic carbocycles. The average molecular weight is 554 g/mol. The molecule has 6 nitrogen and oxygen atoms in total. The van der Waals surface area contributed by atoms with Crippen molar-refractivity contribution >= 4 is 56.0 Å². The van der Waals surface area contributed by atoms with Crippen LogP contribution in [0.15, 0.2) is 80.1 Å². The molecule has 0 spiro atoms. The van der Waals surface area contributed by atoms with Crippen LogP contribution in [-0.4, -0.2) is 27.3 Å². The number of hydrogen-bond donors (Lipinski definition) is 0. The van der Waals surface area contributed by atoms with Crippen molar-refractivity contribution in [3.8, 4) is 10.7 Å². The monoisotopic (exact) mass is 553 g/mol. The molecule has 0 saturated carbocycles. The topological polar surface area (TPSA) is 70.2 Å². The van der Waals surface area contributed by atoms with Crippen molar-refractivity contribution < 1.29 is 13.9 Å². The number of benzene rings is 2. The molecule has 34 heavy (non-hydrogen) atoms. The number of carbonyl (C=O) groups excluding carboxylic acids is 1. The summed E-state index contributed by atoms with van der Waals surface area (Å²) in [6, 6.07) is 20.0. The SMILES string of the molecule is CCOC(=O)c1oc2ccc(Br)cc2c1CSc1nnc(-c2cccs2)n1Cc1ccccc1. The molecule has 0 aliphatic carbocycles. The normalized spacial score (nSPS) is 11.2. The second kappa shape index (κ2) is 10.2. The van der Waals surface area contributed by atoms with Crippen LogP contribution in [0.5, 0.6) is 0 Å². The van der Waals surface area contributed by atoms with Gasteiger partial charge in [0.15, 0.2) is 11.0 Å². The first-order valence-corrected chi connectivity index (χ1v) is 13.3. The molecule has 0 bridgehead atoms. The molecule has 5 rings (SSSR count). The van der Waals surface area contributed by atoms with Crippen LogP contribution in [-0.2, 0) is 17.0 Å². The zero-order valence-electron chi connectivity index (χ0n) is 18.2. The minimum Gasteiger partial charge on any atom is -0.460 e. The second-order valence-corrected chi connectivity index (χ2v) is 10.2. The number of nitrogens with zero attached hydrogens (tertiary/aromatic N) is 3. The Morgan fingerprint density at radius 2 is 2.00 bits per heavy atom. The van der Waals surface area contributed by atoms with E-state index in [0.717, 1.165) is 36.8 Å². The minimum absolute atomic E-state index is 0.232. The molecule has 0 aliphatic rings. The first-order valence-electron chi connectivity index (χ1n) is 10.7. The number of hydrogen-bond acceptors (Lipinski definition) is 7. The Labute approximate surface area is 213 Å². The summed E-state index contributed by atoms with van der Waals surface area (Å²) in [6.45, 7) is 2.71. The second-order valence-electron chi connectivity index (χ2n) is 7.41. The van der Waals surface area contributed by atoms with Gasteiger partial charge in [-0.05, 0) is 42.1 Å². The predicted molar refractivity (Wildman–Crippen MR) is 138 cm³/mol. The Kier molecular flexibility index (Phi) is 6.85. The zero-order valence-corrected chi connectivity index (χ0v) is 21.5. The van der Waals surface area contributed by atoms with Crippen molar-refractivity contribution in [3.05, 3.63) is 87.4 Å². The standard InChI is InChI=1S/C25H20BrN3O3S2/c1-2-31-24(30)22-19(18-13-17(26)10-11-20(18)32-22)15-34-25-28-27-23(21-9-6-12-33-21)29(25)14-16-7-4-3-5-8-16/h3-13H,2,14-15H2,1H3. The van der Waals surface area contributed by atoms with Crippen LogP contribution in [0.1, 0.15) is 28.6 Å². The van der Waals surface area contributed by atoms with E-state index in [1.807, 2.05) is 53.9 Å². The van der Waals surface area contributed by atoms with Crippen molar-refractivity contribution in [2.45, 2.75) is 24.4 Å². The number of esters is 1. The van der Waals surface area contributed by atoms with Crippen molar-refractivity contribution in [1.29, 1.82) is 0 Å². The van der Waals surface area contributed by atoms with E-state index in [1.54, 1.807) is 18.3 Å². The van der Waals surface area contributed by atoms with Crippen molar-refractivity contribution in [1.82, 2.24) is 14.8 Å². The predicted octanol–water partition coefficient (Wildman–Crippen LogP) is 7.03. The molecule has 172 valence electrons. The number of thioether (sulfide) groups is 1. The highest BCUT2D eigenvalue weighted by atomic mass is 79.9. The largest absolute Gasteiger partial charge is 0.460 e. The molecule has 0 fully saturated rings. The van der Waals surface area contributed by atoms with Gasteiger partial charge in [0.05, 0.1) is 18.0 Å². The Balaban J connectivity index is 1.51. The maximum atomic E-state index is 12.6. The van der Waals surface area contributed by atoms with Gasteiger partial charge in [0, 0.05) is 21.2 Å². The summed E-state index contributed by atoms with van der Waals surface area (Å²) in [6.07, 6.45) is 0. The van der Waals surface area contributed by atoms with Crippen LogP contribution in [0.2, 0.25) is 0 Å². The maximum absolute atomic E-state index is 12.6. The maximum Gasteiger partial charge on any atom is 0.374 e. The summed E-state index contributed by atoms with van der Waals surface area (Å²) in [5.41, 5.74) is 2.59. The third kappa shape index (κ3) is 4.68. The Morgan fingerprint density at radius 1 is 1.15 bits per heavy atom. The molecule has 9 heteroatoms. The van der Waals surface area contributed by atoms with Gasteiger partial charge in [0.25, 0.3) is 0 Å². The summed E-state index contributed by atoms with van der Waals surface area (Å²) < 4.78 is 14.2. The lowest BCUT2D eigenvalue weighted by Gasteiger charge is -2.10. The van der Waals surface area contributed by atoms with Crippen LogP contribution in [0.4, 0.5) is 0 Å². The van der Waals surface area contributed by atoms with Crippen LogP contribution in [0.3, 0.4) is 0 Å².